The fourth-order valence-corrected chi connectivity index (χ4v) is 4.11. The third kappa shape index (κ3) is 3.44. The summed E-state index contributed by atoms with van der Waals surface area (Å²) in [7, 11) is 0. The smallest absolute Gasteiger partial charge is 0.329 e. The predicted octanol–water partition coefficient (Wildman–Crippen LogP) is 4.68. The maximum atomic E-state index is 13.5. The van der Waals surface area contributed by atoms with Crippen molar-refractivity contribution in [3.8, 4) is 0 Å². The van der Waals surface area contributed by atoms with Gasteiger partial charge in [-0.1, -0.05) is 68.4 Å². The molecular weight excluding hydrogens is 364 g/mol. The van der Waals surface area contributed by atoms with Crippen LogP contribution in [0, 0.1) is 5.92 Å². The van der Waals surface area contributed by atoms with Gasteiger partial charge >= 0.3 is 11.7 Å². The van der Waals surface area contributed by atoms with Crippen LogP contribution in [0.4, 0.5) is 0 Å². The maximum absolute atomic E-state index is 13.5. The first kappa shape index (κ1) is 19.0. The number of aromatic nitrogens is 2. The molecule has 5 heteroatoms. The summed E-state index contributed by atoms with van der Waals surface area (Å²) in [6.45, 7) is 4.35. The molecule has 0 aliphatic heterocycles. The molecule has 0 saturated heterocycles. The summed E-state index contributed by atoms with van der Waals surface area (Å²) < 4.78 is 3.42. The van der Waals surface area contributed by atoms with E-state index >= 15 is 0 Å². The Bertz CT molecular complexity index is 1240. The molecular formula is C24H24N2O3. The van der Waals surface area contributed by atoms with Gasteiger partial charge in [-0.15, -0.1) is 0 Å². The lowest BCUT2D eigenvalue weighted by atomic mass is 10.0. The van der Waals surface area contributed by atoms with Gasteiger partial charge in [-0.2, -0.15) is 0 Å². The molecule has 1 heterocycles. The van der Waals surface area contributed by atoms with Crippen LogP contribution in [0.2, 0.25) is 0 Å². The summed E-state index contributed by atoms with van der Waals surface area (Å²) in [5.41, 5.74) is 2.49. The van der Waals surface area contributed by atoms with E-state index in [1.54, 1.807) is 9.13 Å². The summed E-state index contributed by atoms with van der Waals surface area (Å²) >= 11 is 0. The quantitative estimate of drug-likeness (QED) is 0.522. The molecule has 0 aliphatic carbocycles. The Morgan fingerprint density at radius 1 is 0.931 bits per heavy atom. The van der Waals surface area contributed by atoms with Gasteiger partial charge < -0.3 is 5.11 Å². The first-order valence-corrected chi connectivity index (χ1v) is 9.85. The predicted molar refractivity (Wildman–Crippen MR) is 115 cm³/mol. The van der Waals surface area contributed by atoms with E-state index in [0.29, 0.717) is 6.54 Å². The number of hydrogen-bond donors (Lipinski definition) is 1. The minimum atomic E-state index is -0.901. The number of rotatable bonds is 6. The van der Waals surface area contributed by atoms with Crippen molar-refractivity contribution in [2.75, 3.05) is 0 Å². The number of carboxylic acids is 1. The van der Waals surface area contributed by atoms with Crippen LogP contribution in [-0.4, -0.2) is 20.2 Å². The van der Waals surface area contributed by atoms with E-state index < -0.39 is 12.0 Å². The lowest BCUT2D eigenvalue weighted by molar-refractivity contribution is -0.138. The molecule has 0 spiro atoms. The van der Waals surface area contributed by atoms with Crippen LogP contribution in [0.3, 0.4) is 0 Å². The second-order valence-electron chi connectivity index (χ2n) is 7.77. The third-order valence-electron chi connectivity index (χ3n) is 5.56. The average molecular weight is 388 g/mol. The first-order valence-electron chi connectivity index (χ1n) is 9.85. The van der Waals surface area contributed by atoms with Crippen LogP contribution in [-0.2, 0) is 11.3 Å². The highest BCUT2D eigenvalue weighted by Gasteiger charge is 2.25. The van der Waals surface area contributed by atoms with Crippen molar-refractivity contribution in [2.24, 2.45) is 5.92 Å². The summed E-state index contributed by atoms with van der Waals surface area (Å²) in [5, 5.41) is 11.6. The fourth-order valence-electron chi connectivity index (χ4n) is 4.11. The Balaban J connectivity index is 1.91. The van der Waals surface area contributed by atoms with Crippen molar-refractivity contribution in [2.45, 2.75) is 32.9 Å². The normalized spacial score (nSPS) is 12.7. The van der Waals surface area contributed by atoms with Crippen molar-refractivity contribution in [1.82, 2.24) is 9.13 Å². The Kier molecular flexibility index (Phi) is 4.97. The molecule has 0 saturated carbocycles. The summed E-state index contributed by atoms with van der Waals surface area (Å²) in [4.78, 5) is 24.9. The molecule has 148 valence electrons. The first-order chi connectivity index (χ1) is 14.0. The van der Waals surface area contributed by atoms with E-state index in [1.165, 1.54) is 0 Å². The number of carbonyl (C=O) groups is 1. The molecule has 0 bridgehead atoms. The fraction of sp³-hybridized carbons (Fsp3) is 0.250. The second kappa shape index (κ2) is 7.59. The molecule has 1 unspecified atom stereocenters. The number of nitrogens with zero attached hydrogens (tertiary/aromatic N) is 2. The molecule has 0 radical (unpaired) electrons. The van der Waals surface area contributed by atoms with Gasteiger partial charge in [0.2, 0.25) is 0 Å². The highest BCUT2D eigenvalue weighted by molar-refractivity contribution is 5.86. The number of imidazole rings is 1. The van der Waals surface area contributed by atoms with E-state index in [-0.39, 0.29) is 18.0 Å². The number of benzene rings is 3. The molecule has 1 aromatic heterocycles. The van der Waals surface area contributed by atoms with Gasteiger partial charge in [-0.05, 0) is 34.4 Å². The molecule has 29 heavy (non-hydrogen) atoms. The lowest BCUT2D eigenvalue weighted by Crippen LogP contribution is -2.31. The topological polar surface area (TPSA) is 64.2 Å². The van der Waals surface area contributed by atoms with E-state index in [4.69, 9.17) is 0 Å². The minimum absolute atomic E-state index is 0.0145. The van der Waals surface area contributed by atoms with Crippen LogP contribution in [0.25, 0.3) is 21.8 Å². The summed E-state index contributed by atoms with van der Waals surface area (Å²) in [6.07, 6.45) is -0.0835. The van der Waals surface area contributed by atoms with Gasteiger partial charge in [-0.25, -0.2) is 4.79 Å². The zero-order valence-corrected chi connectivity index (χ0v) is 16.6. The molecule has 1 atom stereocenters. The molecule has 1 N–H and O–H groups in total. The summed E-state index contributed by atoms with van der Waals surface area (Å²) in [6, 6.07) is 21.5. The van der Waals surface area contributed by atoms with Gasteiger partial charge in [0.05, 0.1) is 30.0 Å². The molecule has 3 aromatic carbocycles. The number of carboxylic acid groups (broad SMARTS) is 1. The highest BCUT2D eigenvalue weighted by atomic mass is 16.4. The van der Waals surface area contributed by atoms with Crippen LogP contribution < -0.4 is 5.69 Å². The third-order valence-corrected chi connectivity index (χ3v) is 5.56. The van der Waals surface area contributed by atoms with E-state index in [1.807, 2.05) is 62.4 Å². The second-order valence-corrected chi connectivity index (χ2v) is 7.77. The van der Waals surface area contributed by atoms with Gasteiger partial charge in [0.25, 0.3) is 0 Å². The number of aliphatic carboxylic acids is 1. The Hall–Kier alpha value is -3.34. The Labute approximate surface area is 168 Å². The number of para-hydroxylation sites is 2. The molecule has 4 aromatic rings. The SMILES string of the molecule is CC(C)C(CC(=O)O)n1c(=O)n(Cc2cccc3ccccc23)c2ccccc21. The summed E-state index contributed by atoms with van der Waals surface area (Å²) in [5.74, 6) is -0.887. The van der Waals surface area contributed by atoms with Crippen LogP contribution >= 0.6 is 0 Å². The van der Waals surface area contributed by atoms with Crippen LogP contribution in [0.5, 0.6) is 0 Å². The van der Waals surface area contributed by atoms with E-state index in [9.17, 15) is 14.7 Å². The molecule has 0 amide bonds. The number of fused-ring (bicyclic) bond motifs is 2. The largest absolute Gasteiger partial charge is 0.481 e. The highest BCUT2D eigenvalue weighted by Crippen LogP contribution is 2.27. The van der Waals surface area contributed by atoms with Crippen molar-refractivity contribution >= 4 is 27.8 Å². The Morgan fingerprint density at radius 2 is 1.59 bits per heavy atom. The zero-order chi connectivity index (χ0) is 20.5. The lowest BCUT2D eigenvalue weighted by Gasteiger charge is -2.20. The molecule has 4 rings (SSSR count). The number of hydrogen-bond acceptors (Lipinski definition) is 2. The Morgan fingerprint density at radius 3 is 2.31 bits per heavy atom. The van der Waals surface area contributed by atoms with Crippen molar-refractivity contribution < 1.29 is 9.90 Å². The van der Waals surface area contributed by atoms with Crippen molar-refractivity contribution in [3.05, 3.63) is 82.8 Å². The van der Waals surface area contributed by atoms with Crippen molar-refractivity contribution in [1.29, 1.82) is 0 Å². The monoisotopic (exact) mass is 388 g/mol. The van der Waals surface area contributed by atoms with E-state index in [2.05, 4.69) is 18.2 Å². The molecule has 0 aliphatic rings. The van der Waals surface area contributed by atoms with Gasteiger partial charge in [0.15, 0.2) is 0 Å². The van der Waals surface area contributed by atoms with Gasteiger partial charge in [-0.3, -0.25) is 13.9 Å². The van der Waals surface area contributed by atoms with Crippen molar-refractivity contribution in [3.63, 3.8) is 0 Å². The van der Waals surface area contributed by atoms with Gasteiger partial charge in [0.1, 0.15) is 0 Å². The van der Waals surface area contributed by atoms with Crippen LogP contribution in [0.15, 0.2) is 71.5 Å². The molecule has 5 nitrogen and oxygen atoms in total. The minimum Gasteiger partial charge on any atom is -0.481 e. The zero-order valence-electron chi connectivity index (χ0n) is 16.6. The molecule has 0 fully saturated rings. The maximum Gasteiger partial charge on any atom is 0.329 e. The van der Waals surface area contributed by atoms with E-state index in [0.717, 1.165) is 27.4 Å². The van der Waals surface area contributed by atoms with Gasteiger partial charge in [0, 0.05) is 0 Å². The standard InChI is InChI=1S/C24H24N2O3/c1-16(2)22(14-23(27)28)26-21-13-6-5-12-20(21)25(24(26)29)15-18-10-7-9-17-8-3-4-11-19(17)18/h3-13,16,22H,14-15H2,1-2H3,(H,27,28). The van der Waals surface area contributed by atoms with Crippen LogP contribution in [0.1, 0.15) is 31.9 Å². The average Bonchev–Trinajstić information content (AvgIpc) is 2.98.